The lowest BCUT2D eigenvalue weighted by Gasteiger charge is -2.13. The fourth-order valence-corrected chi connectivity index (χ4v) is 2.80. The van der Waals surface area contributed by atoms with Crippen molar-refractivity contribution in [2.75, 3.05) is 7.05 Å². The summed E-state index contributed by atoms with van der Waals surface area (Å²) in [7, 11) is 1.74. The molecule has 0 amide bonds. The highest BCUT2D eigenvalue weighted by Gasteiger charge is 2.08. The van der Waals surface area contributed by atoms with Gasteiger partial charge in [0.2, 0.25) is 5.89 Å². The van der Waals surface area contributed by atoms with Gasteiger partial charge in [-0.1, -0.05) is 29.8 Å². The molecule has 30 heavy (non-hydrogen) atoms. The van der Waals surface area contributed by atoms with E-state index in [0.29, 0.717) is 24.9 Å². The molecule has 1 heterocycles. The topological polar surface area (TPSA) is 71.7 Å². The van der Waals surface area contributed by atoms with Gasteiger partial charge >= 0.3 is 0 Å². The lowest BCUT2D eigenvalue weighted by atomic mass is 10.1. The number of hydrogen-bond donors (Lipinski definition) is 2. The van der Waals surface area contributed by atoms with E-state index < -0.39 is 0 Å². The van der Waals surface area contributed by atoms with Crippen LogP contribution in [0.3, 0.4) is 0 Å². The number of ether oxygens (including phenoxy) is 1. The van der Waals surface area contributed by atoms with E-state index in [0.717, 1.165) is 22.6 Å². The van der Waals surface area contributed by atoms with Crippen molar-refractivity contribution in [1.29, 1.82) is 0 Å². The molecule has 0 atom stereocenters. The summed E-state index contributed by atoms with van der Waals surface area (Å²) in [6.07, 6.45) is 1.82. The quantitative estimate of drug-likeness (QED) is 0.263. The molecule has 0 saturated heterocycles. The summed E-state index contributed by atoms with van der Waals surface area (Å²) in [4.78, 5) is 8.81. The maximum atomic E-state index is 5.75. The molecule has 160 valence electrons. The third kappa shape index (κ3) is 7.05. The molecule has 3 rings (SSSR count). The predicted molar refractivity (Wildman–Crippen MR) is 131 cm³/mol. The zero-order valence-electron chi connectivity index (χ0n) is 17.8. The fraction of sp³-hybridized carbons (Fsp3) is 0.304. The van der Waals surface area contributed by atoms with Crippen LogP contribution in [0, 0.1) is 6.92 Å². The van der Waals surface area contributed by atoms with Gasteiger partial charge in [-0.3, -0.25) is 4.99 Å². The Hall–Kier alpha value is -2.55. The molecule has 0 bridgehead atoms. The third-order valence-electron chi connectivity index (χ3n) is 4.24. The van der Waals surface area contributed by atoms with Crippen LogP contribution in [0.5, 0.6) is 5.75 Å². The molecule has 0 aliphatic carbocycles. The molecular formula is C23H29IN4O2. The van der Waals surface area contributed by atoms with Crippen molar-refractivity contribution in [2.45, 2.75) is 40.0 Å². The Kier molecular flexibility index (Phi) is 9.16. The van der Waals surface area contributed by atoms with Crippen LogP contribution in [-0.4, -0.2) is 24.1 Å². The van der Waals surface area contributed by atoms with Crippen molar-refractivity contribution >= 4 is 29.9 Å². The summed E-state index contributed by atoms with van der Waals surface area (Å²) in [5, 5.41) is 6.57. The average Bonchev–Trinajstić information content (AvgIpc) is 3.17. The van der Waals surface area contributed by atoms with Crippen molar-refractivity contribution in [1.82, 2.24) is 15.6 Å². The normalized spacial score (nSPS) is 11.2. The Labute approximate surface area is 195 Å². The van der Waals surface area contributed by atoms with Crippen LogP contribution in [0.4, 0.5) is 0 Å². The van der Waals surface area contributed by atoms with Gasteiger partial charge in [-0.15, -0.1) is 24.0 Å². The highest BCUT2D eigenvalue weighted by Crippen LogP contribution is 2.19. The van der Waals surface area contributed by atoms with Crippen LogP contribution >= 0.6 is 24.0 Å². The monoisotopic (exact) mass is 520 g/mol. The standard InChI is InChI=1S/C23H28N4O2.HI/c1-16(2)29-21-7-5-6-18(12-21)13-25-23(24-4)26-14-20-15-28-22(27-20)19-10-8-17(3)9-11-19;/h5-12,15-16H,13-14H2,1-4H3,(H2,24,25,26);1H. The number of aromatic nitrogens is 1. The number of aliphatic imine (C=N–C) groups is 1. The SMILES string of the molecule is CN=C(NCc1cccc(OC(C)C)c1)NCc1coc(-c2ccc(C)cc2)n1.I. The first kappa shape index (κ1) is 23.7. The van der Waals surface area contributed by atoms with Gasteiger partial charge in [-0.25, -0.2) is 4.98 Å². The van der Waals surface area contributed by atoms with Crippen molar-refractivity contribution in [2.24, 2.45) is 4.99 Å². The first-order chi connectivity index (χ1) is 14.0. The van der Waals surface area contributed by atoms with Crippen molar-refractivity contribution in [3.63, 3.8) is 0 Å². The number of halogens is 1. The average molecular weight is 520 g/mol. The van der Waals surface area contributed by atoms with Crippen molar-refractivity contribution in [3.05, 3.63) is 71.6 Å². The lowest BCUT2D eigenvalue weighted by molar-refractivity contribution is 0.242. The molecule has 6 nitrogen and oxygen atoms in total. The molecule has 7 heteroatoms. The van der Waals surface area contributed by atoms with Gasteiger partial charge < -0.3 is 19.8 Å². The number of oxazole rings is 1. The summed E-state index contributed by atoms with van der Waals surface area (Å²) in [6.45, 7) is 7.25. The molecule has 0 spiro atoms. The first-order valence-electron chi connectivity index (χ1n) is 9.75. The van der Waals surface area contributed by atoms with Gasteiger partial charge in [0.25, 0.3) is 0 Å². The fourth-order valence-electron chi connectivity index (χ4n) is 2.80. The largest absolute Gasteiger partial charge is 0.491 e. The van der Waals surface area contributed by atoms with Crippen LogP contribution in [0.15, 0.2) is 64.2 Å². The summed E-state index contributed by atoms with van der Waals surface area (Å²) < 4.78 is 11.4. The summed E-state index contributed by atoms with van der Waals surface area (Å²) in [5.41, 5.74) is 4.11. The molecule has 3 aromatic rings. The molecule has 0 saturated carbocycles. The third-order valence-corrected chi connectivity index (χ3v) is 4.24. The maximum absolute atomic E-state index is 5.75. The number of aryl methyl sites for hydroxylation is 1. The van der Waals surface area contributed by atoms with E-state index in [-0.39, 0.29) is 30.1 Å². The smallest absolute Gasteiger partial charge is 0.226 e. The van der Waals surface area contributed by atoms with Gasteiger partial charge in [-0.05, 0) is 50.6 Å². The number of nitrogens with zero attached hydrogens (tertiary/aromatic N) is 2. The summed E-state index contributed by atoms with van der Waals surface area (Å²) >= 11 is 0. The van der Waals surface area contributed by atoms with Gasteiger partial charge in [0.05, 0.1) is 18.3 Å². The van der Waals surface area contributed by atoms with Crippen LogP contribution in [0.25, 0.3) is 11.5 Å². The van der Waals surface area contributed by atoms with E-state index in [9.17, 15) is 0 Å². The van der Waals surface area contributed by atoms with Gasteiger partial charge in [0.1, 0.15) is 12.0 Å². The number of guanidine groups is 1. The van der Waals surface area contributed by atoms with Crippen LogP contribution < -0.4 is 15.4 Å². The van der Waals surface area contributed by atoms with Crippen LogP contribution in [0.2, 0.25) is 0 Å². The zero-order chi connectivity index (χ0) is 20.6. The number of benzene rings is 2. The van der Waals surface area contributed by atoms with Crippen LogP contribution in [0.1, 0.15) is 30.7 Å². The Balaban J connectivity index is 0.00000320. The maximum Gasteiger partial charge on any atom is 0.226 e. The first-order valence-corrected chi connectivity index (χ1v) is 9.75. The molecule has 0 aliphatic rings. The minimum Gasteiger partial charge on any atom is -0.491 e. The van der Waals surface area contributed by atoms with Crippen molar-refractivity contribution in [3.8, 4) is 17.2 Å². The Bertz CT molecular complexity index is 952. The molecule has 0 unspecified atom stereocenters. The van der Waals surface area contributed by atoms with Gasteiger partial charge in [0, 0.05) is 19.2 Å². The Morgan fingerprint density at radius 2 is 1.83 bits per heavy atom. The highest BCUT2D eigenvalue weighted by atomic mass is 127. The van der Waals surface area contributed by atoms with Crippen molar-refractivity contribution < 1.29 is 9.15 Å². The minimum absolute atomic E-state index is 0. The molecule has 1 aromatic heterocycles. The van der Waals surface area contributed by atoms with Gasteiger partial charge in [0.15, 0.2) is 5.96 Å². The molecule has 2 N–H and O–H groups in total. The van der Waals surface area contributed by atoms with E-state index in [4.69, 9.17) is 9.15 Å². The Morgan fingerprint density at radius 3 is 2.53 bits per heavy atom. The second-order valence-corrected chi connectivity index (χ2v) is 7.10. The molecule has 0 aliphatic heterocycles. The van der Waals surface area contributed by atoms with E-state index in [1.165, 1.54) is 5.56 Å². The summed E-state index contributed by atoms with van der Waals surface area (Å²) in [6, 6.07) is 16.2. The number of rotatable bonds is 7. The minimum atomic E-state index is 0. The molecule has 0 fully saturated rings. The predicted octanol–water partition coefficient (Wildman–Crippen LogP) is 4.92. The lowest BCUT2D eigenvalue weighted by Crippen LogP contribution is -2.36. The van der Waals surface area contributed by atoms with E-state index in [1.807, 2.05) is 56.3 Å². The number of hydrogen-bond acceptors (Lipinski definition) is 4. The van der Waals surface area contributed by atoms with E-state index in [2.05, 4.69) is 33.6 Å². The summed E-state index contributed by atoms with van der Waals surface area (Å²) in [5.74, 6) is 2.18. The number of nitrogens with one attached hydrogen (secondary N) is 2. The van der Waals surface area contributed by atoms with E-state index in [1.54, 1.807) is 13.3 Å². The molecule has 2 aromatic carbocycles. The zero-order valence-corrected chi connectivity index (χ0v) is 20.1. The Morgan fingerprint density at radius 1 is 1.10 bits per heavy atom. The highest BCUT2D eigenvalue weighted by molar-refractivity contribution is 14.0. The van der Waals surface area contributed by atoms with Crippen LogP contribution in [-0.2, 0) is 13.1 Å². The van der Waals surface area contributed by atoms with E-state index >= 15 is 0 Å². The second-order valence-electron chi connectivity index (χ2n) is 7.10. The molecular weight excluding hydrogens is 491 g/mol. The molecule has 0 radical (unpaired) electrons. The van der Waals surface area contributed by atoms with Gasteiger partial charge in [-0.2, -0.15) is 0 Å². The second kappa shape index (κ2) is 11.6.